The van der Waals surface area contributed by atoms with Crippen molar-refractivity contribution >= 4 is 29.1 Å². The molecule has 4 nitrogen and oxygen atoms in total. The summed E-state index contributed by atoms with van der Waals surface area (Å²) in [5.74, 6) is 0.896. The highest BCUT2D eigenvalue weighted by Crippen LogP contribution is 2.23. The molecule has 1 heterocycles. The average molecular weight is 343 g/mol. The highest BCUT2D eigenvalue weighted by Gasteiger charge is 2.17. The molecule has 0 aliphatic heterocycles. The molecular weight excluding hydrogens is 312 g/mol. The first-order chi connectivity index (χ1) is 10.4. The van der Waals surface area contributed by atoms with Crippen LogP contribution in [0.15, 0.2) is 22.5 Å². The van der Waals surface area contributed by atoms with Crippen LogP contribution >= 0.6 is 23.1 Å². The molecule has 0 spiro atoms. The van der Waals surface area contributed by atoms with Crippen LogP contribution in [0, 0.1) is 0 Å². The standard InChI is InChI=1S/C16H30N4S2/c1-7-17-15(19-12-16(2,3)21-6)18-11-13(20(4)5)14-9-8-10-22-14/h8-10,13H,7,11-12H2,1-6H3,(H2,17,18,19). The molecule has 0 amide bonds. The lowest BCUT2D eigenvalue weighted by atomic mass is 10.2. The lowest BCUT2D eigenvalue weighted by Gasteiger charge is -2.25. The molecule has 22 heavy (non-hydrogen) atoms. The third kappa shape index (κ3) is 6.58. The molecule has 1 unspecified atom stereocenters. The van der Waals surface area contributed by atoms with Gasteiger partial charge in [-0.05, 0) is 52.6 Å². The van der Waals surface area contributed by atoms with Crippen LogP contribution in [-0.2, 0) is 0 Å². The van der Waals surface area contributed by atoms with Gasteiger partial charge >= 0.3 is 0 Å². The molecule has 0 saturated heterocycles. The Morgan fingerprint density at radius 3 is 2.64 bits per heavy atom. The van der Waals surface area contributed by atoms with Crippen molar-refractivity contribution in [1.82, 2.24) is 15.5 Å². The summed E-state index contributed by atoms with van der Waals surface area (Å²) in [6.45, 7) is 9.06. The molecule has 0 bridgehead atoms. The second-order valence-electron chi connectivity index (χ2n) is 6.03. The molecule has 1 aromatic rings. The minimum Gasteiger partial charge on any atom is -0.357 e. The summed E-state index contributed by atoms with van der Waals surface area (Å²) in [6, 6.07) is 4.66. The van der Waals surface area contributed by atoms with Crippen LogP contribution in [0.25, 0.3) is 0 Å². The summed E-state index contributed by atoms with van der Waals surface area (Å²) in [6.07, 6.45) is 2.13. The van der Waals surface area contributed by atoms with Gasteiger partial charge in [0.2, 0.25) is 0 Å². The minimum absolute atomic E-state index is 0.164. The largest absolute Gasteiger partial charge is 0.357 e. The molecule has 0 aliphatic rings. The normalized spacial score (nSPS) is 14.2. The van der Waals surface area contributed by atoms with Crippen LogP contribution < -0.4 is 10.6 Å². The molecule has 0 radical (unpaired) electrons. The summed E-state index contributed by atoms with van der Waals surface area (Å²) >= 11 is 3.65. The maximum absolute atomic E-state index is 4.73. The topological polar surface area (TPSA) is 39.7 Å². The van der Waals surface area contributed by atoms with Gasteiger partial charge in [0, 0.05) is 22.7 Å². The number of hydrogen-bond donors (Lipinski definition) is 2. The number of aliphatic imine (C=N–C) groups is 1. The first-order valence-electron chi connectivity index (χ1n) is 7.66. The molecule has 0 aromatic carbocycles. The summed E-state index contributed by atoms with van der Waals surface area (Å²) < 4.78 is 0.164. The number of likely N-dealkylation sites (N-methyl/N-ethyl adjacent to an activating group) is 1. The molecule has 0 aliphatic carbocycles. The summed E-state index contributed by atoms with van der Waals surface area (Å²) in [4.78, 5) is 8.34. The molecule has 126 valence electrons. The van der Waals surface area contributed by atoms with E-state index in [9.17, 15) is 0 Å². The zero-order chi connectivity index (χ0) is 16.6. The Morgan fingerprint density at radius 1 is 1.41 bits per heavy atom. The van der Waals surface area contributed by atoms with Crippen molar-refractivity contribution in [2.45, 2.75) is 31.6 Å². The van der Waals surface area contributed by atoms with Gasteiger partial charge in [0.25, 0.3) is 0 Å². The van der Waals surface area contributed by atoms with Crippen molar-refractivity contribution < 1.29 is 0 Å². The van der Waals surface area contributed by atoms with Crippen LogP contribution in [0.3, 0.4) is 0 Å². The fraction of sp³-hybridized carbons (Fsp3) is 0.688. The van der Waals surface area contributed by atoms with E-state index in [0.29, 0.717) is 6.04 Å². The van der Waals surface area contributed by atoms with Crippen molar-refractivity contribution in [3.05, 3.63) is 22.4 Å². The van der Waals surface area contributed by atoms with Crippen LogP contribution in [0.4, 0.5) is 0 Å². The number of hydrogen-bond acceptors (Lipinski definition) is 4. The molecule has 6 heteroatoms. The summed E-state index contributed by atoms with van der Waals surface area (Å²) in [7, 11) is 4.24. The molecular formula is C16H30N4S2. The van der Waals surface area contributed by atoms with Gasteiger partial charge in [-0.1, -0.05) is 6.07 Å². The zero-order valence-corrected chi connectivity index (χ0v) is 16.3. The minimum atomic E-state index is 0.164. The smallest absolute Gasteiger partial charge is 0.191 e. The van der Waals surface area contributed by atoms with Gasteiger partial charge in [-0.25, -0.2) is 0 Å². The molecule has 0 fully saturated rings. The van der Waals surface area contributed by atoms with Crippen LogP contribution in [-0.4, -0.2) is 55.6 Å². The molecule has 2 N–H and O–H groups in total. The van der Waals surface area contributed by atoms with E-state index in [1.54, 1.807) is 11.3 Å². The van der Waals surface area contributed by atoms with Crippen molar-refractivity contribution in [3.63, 3.8) is 0 Å². The first-order valence-corrected chi connectivity index (χ1v) is 9.77. The number of thioether (sulfide) groups is 1. The van der Waals surface area contributed by atoms with E-state index in [-0.39, 0.29) is 4.75 Å². The number of nitrogens with zero attached hydrogens (tertiary/aromatic N) is 2. The second-order valence-corrected chi connectivity index (χ2v) is 8.53. The number of guanidine groups is 1. The highest BCUT2D eigenvalue weighted by molar-refractivity contribution is 7.99. The van der Waals surface area contributed by atoms with Gasteiger partial charge in [0.1, 0.15) is 0 Å². The Labute approximate surface area is 143 Å². The third-order valence-corrected chi connectivity index (χ3v) is 5.68. The number of rotatable bonds is 8. The molecule has 1 rings (SSSR count). The van der Waals surface area contributed by atoms with E-state index in [4.69, 9.17) is 4.99 Å². The van der Waals surface area contributed by atoms with Gasteiger partial charge < -0.3 is 15.5 Å². The maximum atomic E-state index is 4.73. The lowest BCUT2D eigenvalue weighted by molar-refractivity contribution is 0.302. The van der Waals surface area contributed by atoms with Crippen molar-refractivity contribution in [1.29, 1.82) is 0 Å². The van der Waals surface area contributed by atoms with Crippen LogP contribution in [0.1, 0.15) is 31.7 Å². The van der Waals surface area contributed by atoms with Gasteiger partial charge in [-0.2, -0.15) is 11.8 Å². The fourth-order valence-electron chi connectivity index (χ4n) is 1.89. The zero-order valence-electron chi connectivity index (χ0n) is 14.6. The van der Waals surface area contributed by atoms with E-state index in [1.807, 2.05) is 11.8 Å². The second kappa shape index (κ2) is 9.43. The van der Waals surface area contributed by atoms with Gasteiger partial charge in [0.05, 0.1) is 12.6 Å². The van der Waals surface area contributed by atoms with Gasteiger partial charge in [0.15, 0.2) is 5.96 Å². The Bertz CT molecular complexity index is 441. The van der Waals surface area contributed by atoms with Gasteiger partial charge in [-0.3, -0.25) is 4.99 Å². The highest BCUT2D eigenvalue weighted by atomic mass is 32.2. The fourth-order valence-corrected chi connectivity index (χ4v) is 3.00. The van der Waals surface area contributed by atoms with E-state index >= 15 is 0 Å². The van der Waals surface area contributed by atoms with E-state index in [0.717, 1.165) is 25.6 Å². The van der Waals surface area contributed by atoms with Crippen molar-refractivity contribution in [2.24, 2.45) is 4.99 Å². The lowest BCUT2D eigenvalue weighted by Crippen LogP contribution is -2.42. The van der Waals surface area contributed by atoms with Crippen LogP contribution in [0.5, 0.6) is 0 Å². The number of thiophene rings is 1. The van der Waals surface area contributed by atoms with E-state index in [2.05, 4.69) is 74.2 Å². The molecule has 0 saturated carbocycles. The molecule has 1 atom stereocenters. The average Bonchev–Trinajstić information content (AvgIpc) is 2.98. The first kappa shape index (κ1) is 19.3. The Kier molecular flexibility index (Phi) is 8.28. The van der Waals surface area contributed by atoms with Crippen molar-refractivity contribution in [3.8, 4) is 0 Å². The van der Waals surface area contributed by atoms with Crippen LogP contribution in [0.2, 0.25) is 0 Å². The Balaban J connectivity index is 2.68. The number of nitrogens with one attached hydrogen (secondary N) is 2. The quantitative estimate of drug-likeness (QED) is 0.563. The monoisotopic (exact) mass is 342 g/mol. The van der Waals surface area contributed by atoms with E-state index in [1.165, 1.54) is 4.88 Å². The van der Waals surface area contributed by atoms with E-state index < -0.39 is 0 Å². The summed E-state index contributed by atoms with van der Waals surface area (Å²) in [5, 5.41) is 8.95. The SMILES string of the molecule is CCNC(=NCC(C)(C)SC)NCC(c1cccs1)N(C)C. The summed E-state index contributed by atoms with van der Waals surface area (Å²) in [5.41, 5.74) is 0. The third-order valence-electron chi connectivity index (χ3n) is 3.47. The predicted octanol–water partition coefficient (Wildman–Crippen LogP) is 3.05. The Hall–Kier alpha value is -0.720. The van der Waals surface area contributed by atoms with Crippen molar-refractivity contribution in [2.75, 3.05) is 40.0 Å². The molecule has 1 aromatic heterocycles. The maximum Gasteiger partial charge on any atom is 0.191 e. The van der Waals surface area contributed by atoms with Gasteiger partial charge in [-0.15, -0.1) is 11.3 Å². The Morgan fingerprint density at radius 2 is 2.14 bits per heavy atom. The predicted molar refractivity (Wildman–Crippen MR) is 102 cm³/mol.